The average molecular weight is 230 g/mol. The smallest absolute Gasteiger partial charge is 0.0497 e. The largest absolute Gasteiger partial charge is 0.122 e. The predicted octanol–water partition coefficient (Wildman–Crippen LogP) is 4.04. The molecular formula is C12H15Cl2. The molecule has 2 heteroatoms. The molecule has 0 fully saturated rings. The maximum atomic E-state index is 6.04. The summed E-state index contributed by atoms with van der Waals surface area (Å²) in [5.41, 5.74) is 1.25. The lowest BCUT2D eigenvalue weighted by molar-refractivity contribution is 0.679. The Bertz CT molecular complexity index is 244. The second kappa shape index (κ2) is 6.31. The van der Waals surface area contributed by atoms with Gasteiger partial charge in [-0.2, -0.15) is 0 Å². The van der Waals surface area contributed by atoms with Crippen LogP contribution in [-0.4, -0.2) is 10.8 Å². The van der Waals surface area contributed by atoms with Crippen LogP contribution < -0.4 is 0 Å². The lowest BCUT2D eigenvalue weighted by atomic mass is 10.1. The van der Waals surface area contributed by atoms with E-state index < -0.39 is 0 Å². The van der Waals surface area contributed by atoms with Crippen LogP contribution in [-0.2, 0) is 6.42 Å². The molecule has 0 amide bonds. The molecule has 1 aromatic rings. The van der Waals surface area contributed by atoms with Gasteiger partial charge in [-0.05, 0) is 37.8 Å². The van der Waals surface area contributed by atoms with Gasteiger partial charge in [0.1, 0.15) is 0 Å². The van der Waals surface area contributed by atoms with Crippen molar-refractivity contribution in [3.05, 3.63) is 35.9 Å². The normalized spacial score (nSPS) is 15.1. The van der Waals surface area contributed by atoms with Crippen molar-refractivity contribution in [1.29, 1.82) is 0 Å². The first kappa shape index (κ1) is 11.9. The number of hydrogen-bond acceptors (Lipinski definition) is 0. The van der Waals surface area contributed by atoms with Crippen LogP contribution >= 0.6 is 23.2 Å². The minimum atomic E-state index is 0.0522. The molecule has 0 N–H and O–H groups in total. The zero-order valence-corrected chi connectivity index (χ0v) is 9.85. The van der Waals surface area contributed by atoms with Crippen molar-refractivity contribution in [1.82, 2.24) is 0 Å². The summed E-state index contributed by atoms with van der Waals surface area (Å²) in [6.07, 6.45) is 3.08. The van der Waals surface area contributed by atoms with Crippen molar-refractivity contribution in [3.63, 3.8) is 0 Å². The highest BCUT2D eigenvalue weighted by Gasteiger charge is 2.10. The standard InChI is InChI=1S/C12H15Cl2/c1-10(13)12(14)9-5-8-11-6-3-2-4-7-11/h2-4,6,10,12H,5,8-9H2,1H3. The molecule has 14 heavy (non-hydrogen) atoms. The first-order valence-corrected chi connectivity index (χ1v) is 5.81. The summed E-state index contributed by atoms with van der Waals surface area (Å²) in [7, 11) is 0. The van der Waals surface area contributed by atoms with E-state index in [1.165, 1.54) is 5.56 Å². The summed E-state index contributed by atoms with van der Waals surface area (Å²) < 4.78 is 0. The van der Waals surface area contributed by atoms with E-state index >= 15 is 0 Å². The first-order chi connectivity index (χ1) is 6.70. The van der Waals surface area contributed by atoms with Crippen molar-refractivity contribution in [2.75, 3.05) is 0 Å². The van der Waals surface area contributed by atoms with Gasteiger partial charge in [-0.15, -0.1) is 23.2 Å². The molecule has 1 aromatic carbocycles. The summed E-state index contributed by atoms with van der Waals surface area (Å²) >= 11 is 11.9. The fourth-order valence-corrected chi connectivity index (χ4v) is 1.58. The number of halogens is 2. The molecule has 0 heterocycles. The molecule has 0 bridgehead atoms. The number of alkyl halides is 2. The van der Waals surface area contributed by atoms with E-state index in [2.05, 4.69) is 12.1 Å². The van der Waals surface area contributed by atoms with Gasteiger partial charge >= 0.3 is 0 Å². The number of aryl methyl sites for hydroxylation is 1. The lowest BCUT2D eigenvalue weighted by Crippen LogP contribution is -2.10. The minimum absolute atomic E-state index is 0.0522. The second-order valence-electron chi connectivity index (χ2n) is 3.47. The maximum Gasteiger partial charge on any atom is 0.0497 e. The molecule has 0 aromatic heterocycles. The quantitative estimate of drug-likeness (QED) is 0.669. The van der Waals surface area contributed by atoms with Crippen LogP contribution in [0.4, 0.5) is 0 Å². The topological polar surface area (TPSA) is 0 Å². The molecule has 1 rings (SSSR count). The first-order valence-electron chi connectivity index (χ1n) is 4.94. The van der Waals surface area contributed by atoms with E-state index in [1.807, 2.05) is 25.1 Å². The van der Waals surface area contributed by atoms with E-state index in [-0.39, 0.29) is 10.8 Å². The number of benzene rings is 1. The Hall–Kier alpha value is -0.200. The number of hydrogen-bond donors (Lipinski definition) is 0. The Labute approximate surface area is 96.2 Å². The Morgan fingerprint density at radius 3 is 2.71 bits per heavy atom. The molecule has 0 aliphatic heterocycles. The highest BCUT2D eigenvalue weighted by atomic mass is 35.5. The Kier molecular flexibility index (Phi) is 5.36. The summed E-state index contributed by atoms with van der Waals surface area (Å²) in [4.78, 5) is 0. The summed E-state index contributed by atoms with van der Waals surface area (Å²) in [5, 5.41) is 0.136. The van der Waals surface area contributed by atoms with E-state index in [1.54, 1.807) is 0 Å². The van der Waals surface area contributed by atoms with Gasteiger partial charge in [-0.25, -0.2) is 0 Å². The molecule has 2 unspecified atom stereocenters. The van der Waals surface area contributed by atoms with Crippen molar-refractivity contribution < 1.29 is 0 Å². The monoisotopic (exact) mass is 229 g/mol. The van der Waals surface area contributed by atoms with Crippen molar-refractivity contribution in [3.8, 4) is 0 Å². The third kappa shape index (κ3) is 4.34. The van der Waals surface area contributed by atoms with Gasteiger partial charge in [0.2, 0.25) is 0 Å². The molecule has 2 atom stereocenters. The van der Waals surface area contributed by atoms with E-state index in [9.17, 15) is 0 Å². The molecule has 0 nitrogen and oxygen atoms in total. The van der Waals surface area contributed by atoms with Crippen LogP contribution in [0.25, 0.3) is 0 Å². The molecule has 1 radical (unpaired) electrons. The lowest BCUT2D eigenvalue weighted by Gasteiger charge is -2.10. The molecule has 0 aliphatic carbocycles. The van der Waals surface area contributed by atoms with E-state index in [4.69, 9.17) is 23.2 Å². The third-order valence-electron chi connectivity index (χ3n) is 2.20. The second-order valence-corrected chi connectivity index (χ2v) is 4.72. The SMILES string of the molecule is CC(Cl)C(Cl)CCCc1[c]cccc1. The zero-order chi connectivity index (χ0) is 10.4. The summed E-state index contributed by atoms with van der Waals surface area (Å²) in [5.74, 6) is 0. The average Bonchev–Trinajstić information content (AvgIpc) is 2.19. The highest BCUT2D eigenvalue weighted by Crippen LogP contribution is 2.16. The van der Waals surface area contributed by atoms with Crippen molar-refractivity contribution >= 4 is 23.2 Å². The van der Waals surface area contributed by atoms with E-state index in [0.29, 0.717) is 0 Å². The summed E-state index contributed by atoms with van der Waals surface area (Å²) in [6.45, 7) is 1.94. The highest BCUT2D eigenvalue weighted by molar-refractivity contribution is 6.29. The molecule has 0 aliphatic rings. The van der Waals surface area contributed by atoms with Gasteiger partial charge in [0.15, 0.2) is 0 Å². The van der Waals surface area contributed by atoms with Crippen LogP contribution in [0, 0.1) is 6.07 Å². The van der Waals surface area contributed by atoms with Crippen LogP contribution in [0.5, 0.6) is 0 Å². The Balaban J connectivity index is 2.22. The molecule has 0 saturated heterocycles. The van der Waals surface area contributed by atoms with Crippen LogP contribution in [0.2, 0.25) is 0 Å². The molecule has 0 spiro atoms. The Morgan fingerprint density at radius 1 is 1.36 bits per heavy atom. The summed E-state index contributed by atoms with van der Waals surface area (Å²) in [6, 6.07) is 11.2. The van der Waals surface area contributed by atoms with Gasteiger partial charge in [-0.1, -0.05) is 24.3 Å². The molecule has 0 saturated carbocycles. The van der Waals surface area contributed by atoms with E-state index in [0.717, 1.165) is 19.3 Å². The maximum absolute atomic E-state index is 6.04. The fourth-order valence-electron chi connectivity index (χ4n) is 1.30. The van der Waals surface area contributed by atoms with Gasteiger partial charge in [0.05, 0.1) is 0 Å². The minimum Gasteiger partial charge on any atom is -0.122 e. The van der Waals surface area contributed by atoms with Gasteiger partial charge in [0.25, 0.3) is 0 Å². The van der Waals surface area contributed by atoms with Crippen molar-refractivity contribution in [2.24, 2.45) is 0 Å². The van der Waals surface area contributed by atoms with Crippen LogP contribution in [0.3, 0.4) is 0 Å². The van der Waals surface area contributed by atoms with Gasteiger partial charge in [-0.3, -0.25) is 0 Å². The Morgan fingerprint density at radius 2 is 2.14 bits per heavy atom. The molecule has 77 valence electrons. The van der Waals surface area contributed by atoms with Crippen LogP contribution in [0.1, 0.15) is 25.3 Å². The fraction of sp³-hybridized carbons (Fsp3) is 0.500. The van der Waals surface area contributed by atoms with Crippen LogP contribution in [0.15, 0.2) is 24.3 Å². The number of rotatable bonds is 5. The zero-order valence-electron chi connectivity index (χ0n) is 8.34. The predicted molar refractivity (Wildman–Crippen MR) is 63.2 cm³/mol. The molecular weight excluding hydrogens is 215 g/mol. The van der Waals surface area contributed by atoms with Crippen molar-refractivity contribution in [2.45, 2.75) is 36.9 Å². The van der Waals surface area contributed by atoms with Gasteiger partial charge < -0.3 is 0 Å². The van der Waals surface area contributed by atoms with Gasteiger partial charge in [0, 0.05) is 10.8 Å². The third-order valence-corrected chi connectivity index (χ3v) is 3.23.